The third-order valence-corrected chi connectivity index (χ3v) is 4.59. The number of ether oxygens (including phenoxy) is 1. The number of oxazole rings is 1. The zero-order chi connectivity index (χ0) is 21.3. The molecule has 1 aromatic heterocycles. The van der Waals surface area contributed by atoms with E-state index in [1.807, 2.05) is 43.3 Å². The van der Waals surface area contributed by atoms with Crippen molar-refractivity contribution in [2.24, 2.45) is 4.99 Å². The first-order chi connectivity index (χ1) is 14.6. The third-order valence-electron chi connectivity index (χ3n) is 4.59. The second-order valence-corrected chi connectivity index (χ2v) is 6.80. The number of methoxy groups -OCH3 is 1. The summed E-state index contributed by atoms with van der Waals surface area (Å²) in [4.78, 5) is 20.2. The number of nitrogens with zero attached hydrogens (tertiary/aromatic N) is 2. The van der Waals surface area contributed by atoms with Crippen LogP contribution in [0.25, 0.3) is 11.5 Å². The van der Waals surface area contributed by atoms with Gasteiger partial charge in [0.05, 0.1) is 24.9 Å². The van der Waals surface area contributed by atoms with Crippen LogP contribution in [0.5, 0.6) is 0 Å². The largest absolute Gasteiger partial charge is 0.465 e. The Morgan fingerprint density at radius 1 is 1.10 bits per heavy atom. The summed E-state index contributed by atoms with van der Waals surface area (Å²) >= 11 is 0. The van der Waals surface area contributed by atoms with Crippen molar-refractivity contribution in [3.8, 4) is 11.5 Å². The lowest BCUT2D eigenvalue weighted by Crippen LogP contribution is -2.37. The van der Waals surface area contributed by atoms with Crippen molar-refractivity contribution in [2.45, 2.75) is 19.9 Å². The van der Waals surface area contributed by atoms with Crippen molar-refractivity contribution in [2.75, 3.05) is 20.7 Å². The normalized spacial score (nSPS) is 10.9. The highest BCUT2D eigenvalue weighted by Crippen LogP contribution is 2.19. The highest BCUT2D eigenvalue weighted by atomic mass is 127. The molecule has 0 aliphatic carbocycles. The average Bonchev–Trinajstić information content (AvgIpc) is 3.25. The van der Waals surface area contributed by atoms with Crippen LogP contribution in [-0.4, -0.2) is 37.6 Å². The van der Waals surface area contributed by atoms with Crippen LogP contribution in [0, 0.1) is 6.92 Å². The lowest BCUT2D eigenvalue weighted by molar-refractivity contribution is 0.0600. The molecule has 0 unspecified atom stereocenters. The maximum absolute atomic E-state index is 11.5. The number of aliphatic imine (C=N–C) groups is 1. The number of esters is 1. The molecule has 2 N–H and O–H groups in total. The molecule has 0 radical (unpaired) electrons. The van der Waals surface area contributed by atoms with E-state index < -0.39 is 0 Å². The molecule has 164 valence electrons. The Morgan fingerprint density at radius 2 is 1.81 bits per heavy atom. The average molecular weight is 534 g/mol. The molecule has 0 saturated heterocycles. The number of guanidine groups is 1. The van der Waals surface area contributed by atoms with Gasteiger partial charge >= 0.3 is 5.97 Å². The van der Waals surface area contributed by atoms with Gasteiger partial charge in [0.15, 0.2) is 5.96 Å². The maximum atomic E-state index is 11.5. The monoisotopic (exact) mass is 534 g/mol. The minimum atomic E-state index is -0.331. The summed E-state index contributed by atoms with van der Waals surface area (Å²) in [7, 11) is 3.10. The van der Waals surface area contributed by atoms with Gasteiger partial charge in [0.1, 0.15) is 6.26 Å². The molecular weight excluding hydrogens is 507 g/mol. The Kier molecular flexibility index (Phi) is 9.51. The van der Waals surface area contributed by atoms with E-state index in [9.17, 15) is 4.79 Å². The number of carbonyl (C=O) groups is 1. The minimum absolute atomic E-state index is 0. The van der Waals surface area contributed by atoms with E-state index in [4.69, 9.17) is 9.15 Å². The van der Waals surface area contributed by atoms with E-state index in [2.05, 4.69) is 20.6 Å². The predicted molar refractivity (Wildman–Crippen MR) is 132 cm³/mol. The zero-order valence-electron chi connectivity index (χ0n) is 17.8. The summed E-state index contributed by atoms with van der Waals surface area (Å²) in [6.45, 7) is 3.25. The van der Waals surface area contributed by atoms with Crippen LogP contribution in [0.3, 0.4) is 0 Å². The first kappa shape index (κ1) is 24.4. The molecule has 0 aliphatic rings. The van der Waals surface area contributed by atoms with Crippen LogP contribution in [0.2, 0.25) is 0 Å². The van der Waals surface area contributed by atoms with Gasteiger partial charge in [-0.15, -0.1) is 24.0 Å². The first-order valence-corrected chi connectivity index (χ1v) is 9.72. The molecule has 0 spiro atoms. The number of halogens is 1. The van der Waals surface area contributed by atoms with Gasteiger partial charge in [-0.1, -0.05) is 29.8 Å². The van der Waals surface area contributed by atoms with Crippen molar-refractivity contribution in [1.29, 1.82) is 0 Å². The molecule has 0 aliphatic heterocycles. The summed E-state index contributed by atoms with van der Waals surface area (Å²) in [5.41, 5.74) is 4.61. The summed E-state index contributed by atoms with van der Waals surface area (Å²) in [6.07, 6.45) is 2.45. The van der Waals surface area contributed by atoms with Gasteiger partial charge in [0.2, 0.25) is 5.89 Å². The summed E-state index contributed by atoms with van der Waals surface area (Å²) < 4.78 is 10.3. The van der Waals surface area contributed by atoms with Crippen molar-refractivity contribution in [3.63, 3.8) is 0 Å². The van der Waals surface area contributed by atoms with E-state index in [-0.39, 0.29) is 29.9 Å². The fourth-order valence-corrected chi connectivity index (χ4v) is 2.86. The molecule has 8 heteroatoms. The zero-order valence-corrected chi connectivity index (χ0v) is 20.2. The number of nitrogens with one attached hydrogen (secondary N) is 2. The van der Waals surface area contributed by atoms with E-state index >= 15 is 0 Å². The Balaban J connectivity index is 0.00000341. The van der Waals surface area contributed by atoms with Gasteiger partial charge in [0.25, 0.3) is 0 Å². The number of benzene rings is 2. The molecule has 31 heavy (non-hydrogen) atoms. The molecule has 3 rings (SSSR count). The quantitative estimate of drug-likeness (QED) is 0.207. The molecule has 0 atom stereocenters. The summed E-state index contributed by atoms with van der Waals surface area (Å²) in [5.74, 6) is 0.953. The fourth-order valence-electron chi connectivity index (χ4n) is 2.86. The number of hydrogen-bond donors (Lipinski definition) is 2. The fraction of sp³-hybridized carbons (Fsp3) is 0.261. The maximum Gasteiger partial charge on any atom is 0.337 e. The first-order valence-electron chi connectivity index (χ1n) is 9.72. The van der Waals surface area contributed by atoms with E-state index in [0.717, 1.165) is 23.2 Å². The molecule has 0 saturated carbocycles. The van der Waals surface area contributed by atoms with Gasteiger partial charge in [-0.25, -0.2) is 9.78 Å². The van der Waals surface area contributed by atoms with Crippen molar-refractivity contribution < 1.29 is 13.9 Å². The SMILES string of the molecule is CN=C(NCCc1ccc(C(=O)OC)cc1)NCc1coc(-c2ccc(C)cc2)n1.I. The Bertz CT molecular complexity index is 998. The van der Waals surface area contributed by atoms with Crippen LogP contribution in [0.4, 0.5) is 0 Å². The summed E-state index contributed by atoms with van der Waals surface area (Å²) in [6, 6.07) is 15.4. The van der Waals surface area contributed by atoms with Gasteiger partial charge < -0.3 is 19.8 Å². The van der Waals surface area contributed by atoms with E-state index in [0.29, 0.717) is 30.5 Å². The Labute approximate surface area is 199 Å². The van der Waals surface area contributed by atoms with Crippen LogP contribution in [0.15, 0.2) is 64.2 Å². The van der Waals surface area contributed by atoms with Gasteiger partial charge in [-0.3, -0.25) is 4.99 Å². The van der Waals surface area contributed by atoms with Crippen LogP contribution >= 0.6 is 24.0 Å². The standard InChI is InChI=1S/C23H26N4O3.HI/c1-16-4-8-18(9-5-16)21-27-20(15-30-21)14-26-23(24-2)25-13-12-17-6-10-19(11-7-17)22(28)29-3;/h4-11,15H,12-14H2,1-3H3,(H2,24,25,26);1H. The molecule has 0 bridgehead atoms. The molecule has 0 amide bonds. The Morgan fingerprint density at radius 3 is 2.45 bits per heavy atom. The Hall–Kier alpha value is -2.88. The van der Waals surface area contributed by atoms with Gasteiger partial charge in [-0.2, -0.15) is 0 Å². The molecule has 7 nitrogen and oxygen atoms in total. The second-order valence-electron chi connectivity index (χ2n) is 6.80. The van der Waals surface area contributed by atoms with Crippen molar-refractivity contribution in [3.05, 3.63) is 77.2 Å². The third kappa shape index (κ3) is 7.09. The highest BCUT2D eigenvalue weighted by Gasteiger charge is 2.08. The lowest BCUT2D eigenvalue weighted by atomic mass is 10.1. The molecule has 3 aromatic rings. The van der Waals surface area contributed by atoms with Crippen LogP contribution in [-0.2, 0) is 17.7 Å². The van der Waals surface area contributed by atoms with Gasteiger partial charge in [0, 0.05) is 19.2 Å². The van der Waals surface area contributed by atoms with E-state index in [1.165, 1.54) is 12.7 Å². The molecule has 1 heterocycles. The van der Waals surface area contributed by atoms with Crippen molar-refractivity contribution in [1.82, 2.24) is 15.6 Å². The van der Waals surface area contributed by atoms with Crippen molar-refractivity contribution >= 4 is 35.9 Å². The second kappa shape index (κ2) is 12.1. The lowest BCUT2D eigenvalue weighted by Gasteiger charge is -2.11. The summed E-state index contributed by atoms with van der Waals surface area (Å²) in [5, 5.41) is 6.50. The predicted octanol–water partition coefficient (Wildman–Crippen LogP) is 3.96. The smallest absolute Gasteiger partial charge is 0.337 e. The van der Waals surface area contributed by atoms with Crippen LogP contribution < -0.4 is 10.6 Å². The number of rotatable bonds is 7. The number of hydrogen-bond acceptors (Lipinski definition) is 5. The van der Waals surface area contributed by atoms with Crippen LogP contribution in [0.1, 0.15) is 27.2 Å². The topological polar surface area (TPSA) is 88.8 Å². The number of carbonyl (C=O) groups excluding carboxylic acids is 1. The molecular formula is C23H27IN4O3. The number of aromatic nitrogens is 1. The molecule has 2 aromatic carbocycles. The number of aryl methyl sites for hydroxylation is 1. The van der Waals surface area contributed by atoms with Gasteiger partial charge in [-0.05, 0) is 43.2 Å². The van der Waals surface area contributed by atoms with E-state index in [1.54, 1.807) is 25.4 Å². The highest BCUT2D eigenvalue weighted by molar-refractivity contribution is 14.0. The molecule has 0 fully saturated rings. The minimum Gasteiger partial charge on any atom is -0.465 e.